The Labute approximate surface area is 102 Å². The van der Waals surface area contributed by atoms with Crippen LogP contribution in [0, 0.1) is 0 Å². The molecule has 98 valence electrons. The van der Waals surface area contributed by atoms with Crippen molar-refractivity contribution in [3.8, 4) is 0 Å². The Morgan fingerprint density at radius 3 is 2.00 bits per heavy atom. The lowest BCUT2D eigenvalue weighted by atomic mass is 10.1. The maximum absolute atomic E-state index is 9.19. The second-order valence-corrected chi connectivity index (χ2v) is 5.11. The quantitative estimate of drug-likeness (QED) is 0.532. The monoisotopic (exact) mass is 229 g/mol. The van der Waals surface area contributed by atoms with Crippen LogP contribution in [0.15, 0.2) is 0 Å². The molecule has 0 bridgehead atoms. The first-order valence-electron chi connectivity index (χ1n) is 7.07. The zero-order valence-corrected chi connectivity index (χ0v) is 11.5. The molecule has 0 heterocycles. The summed E-state index contributed by atoms with van der Waals surface area (Å²) in [6.07, 6.45) is 10.5. The van der Waals surface area contributed by atoms with E-state index >= 15 is 0 Å². The van der Waals surface area contributed by atoms with Crippen LogP contribution >= 0.6 is 0 Å². The van der Waals surface area contributed by atoms with Crippen molar-refractivity contribution in [3.63, 3.8) is 0 Å². The van der Waals surface area contributed by atoms with E-state index in [4.69, 9.17) is 0 Å². The van der Waals surface area contributed by atoms with Crippen molar-refractivity contribution < 1.29 is 5.11 Å². The summed E-state index contributed by atoms with van der Waals surface area (Å²) in [7, 11) is 0. The molecule has 0 rings (SSSR count). The molecule has 0 spiro atoms. The number of unbranched alkanes of at least 4 members (excludes halogenated alkanes) is 6. The average molecular weight is 229 g/mol. The molecule has 0 aliphatic carbocycles. The molecule has 16 heavy (non-hydrogen) atoms. The van der Waals surface area contributed by atoms with Crippen LogP contribution in [0.5, 0.6) is 0 Å². The highest BCUT2D eigenvalue weighted by molar-refractivity contribution is 4.67. The number of hydrogen-bond acceptors (Lipinski definition) is 2. The molecular weight excluding hydrogens is 198 g/mol. The van der Waals surface area contributed by atoms with E-state index in [1.54, 1.807) is 0 Å². The molecular formula is C14H31NO. The number of nitrogens with one attached hydrogen (secondary N) is 1. The van der Waals surface area contributed by atoms with Gasteiger partial charge in [-0.05, 0) is 6.42 Å². The Hall–Kier alpha value is -0.0800. The van der Waals surface area contributed by atoms with E-state index in [0.29, 0.717) is 12.1 Å². The molecule has 0 aromatic rings. The fraction of sp³-hybridized carbons (Fsp3) is 1.00. The van der Waals surface area contributed by atoms with Crippen molar-refractivity contribution in [3.05, 3.63) is 0 Å². The third-order valence-corrected chi connectivity index (χ3v) is 2.95. The summed E-state index contributed by atoms with van der Waals surface area (Å²) in [4.78, 5) is 0. The Morgan fingerprint density at radius 2 is 1.50 bits per heavy atom. The van der Waals surface area contributed by atoms with Gasteiger partial charge >= 0.3 is 0 Å². The molecule has 0 aromatic heterocycles. The summed E-state index contributed by atoms with van der Waals surface area (Å²) < 4.78 is 0. The average Bonchev–Trinajstić information content (AvgIpc) is 2.25. The summed E-state index contributed by atoms with van der Waals surface area (Å²) in [5.74, 6) is 0. The lowest BCUT2D eigenvalue weighted by Gasteiger charge is -2.18. The largest absolute Gasteiger partial charge is 0.395 e. The molecule has 0 fully saturated rings. The smallest absolute Gasteiger partial charge is 0.0584 e. The number of aliphatic hydroxyl groups is 1. The van der Waals surface area contributed by atoms with Crippen LogP contribution in [0.3, 0.4) is 0 Å². The molecule has 0 aromatic carbocycles. The summed E-state index contributed by atoms with van der Waals surface area (Å²) in [5.41, 5.74) is 0. The third-order valence-electron chi connectivity index (χ3n) is 2.95. The van der Waals surface area contributed by atoms with Crippen LogP contribution in [-0.2, 0) is 0 Å². The molecule has 1 atom stereocenters. The van der Waals surface area contributed by atoms with Crippen molar-refractivity contribution >= 4 is 0 Å². The van der Waals surface area contributed by atoms with Gasteiger partial charge in [0.2, 0.25) is 0 Å². The molecule has 0 aliphatic rings. The summed E-state index contributed by atoms with van der Waals surface area (Å²) in [6.45, 7) is 6.79. The van der Waals surface area contributed by atoms with E-state index in [9.17, 15) is 5.11 Å². The van der Waals surface area contributed by atoms with Gasteiger partial charge in [0.15, 0.2) is 0 Å². The van der Waals surface area contributed by atoms with E-state index in [0.717, 1.165) is 6.42 Å². The fourth-order valence-corrected chi connectivity index (χ4v) is 2.05. The van der Waals surface area contributed by atoms with Gasteiger partial charge in [-0.2, -0.15) is 0 Å². The number of hydrogen-bond donors (Lipinski definition) is 2. The Balaban J connectivity index is 3.27. The standard InChI is InChI=1S/C14H31NO/c1-4-5-6-7-8-9-10-11-14(12-16)15-13(2)3/h13-16H,4-12H2,1-3H3. The van der Waals surface area contributed by atoms with E-state index in [-0.39, 0.29) is 6.61 Å². The lowest BCUT2D eigenvalue weighted by Crippen LogP contribution is -2.37. The number of aliphatic hydroxyl groups excluding tert-OH is 1. The SMILES string of the molecule is CCCCCCCCCC(CO)NC(C)C. The van der Waals surface area contributed by atoms with Crippen LogP contribution in [-0.4, -0.2) is 23.8 Å². The van der Waals surface area contributed by atoms with Crippen LogP contribution in [0.25, 0.3) is 0 Å². The van der Waals surface area contributed by atoms with E-state index in [1.165, 1.54) is 44.9 Å². The van der Waals surface area contributed by atoms with Gasteiger partial charge in [-0.1, -0.05) is 65.7 Å². The third kappa shape index (κ3) is 10.4. The Kier molecular flexibility index (Phi) is 11.3. The van der Waals surface area contributed by atoms with Crippen molar-refractivity contribution in [2.75, 3.05) is 6.61 Å². The molecule has 1 unspecified atom stereocenters. The second-order valence-electron chi connectivity index (χ2n) is 5.11. The molecule has 2 N–H and O–H groups in total. The molecule has 0 radical (unpaired) electrons. The van der Waals surface area contributed by atoms with E-state index in [1.807, 2.05) is 0 Å². The van der Waals surface area contributed by atoms with E-state index < -0.39 is 0 Å². The highest BCUT2D eigenvalue weighted by Gasteiger charge is 2.07. The van der Waals surface area contributed by atoms with Crippen molar-refractivity contribution in [2.45, 2.75) is 84.2 Å². The van der Waals surface area contributed by atoms with Gasteiger partial charge in [-0.15, -0.1) is 0 Å². The zero-order valence-electron chi connectivity index (χ0n) is 11.5. The summed E-state index contributed by atoms with van der Waals surface area (Å²) >= 11 is 0. The molecule has 0 amide bonds. The van der Waals surface area contributed by atoms with E-state index in [2.05, 4.69) is 26.1 Å². The minimum atomic E-state index is 0.272. The maximum atomic E-state index is 9.19. The molecule has 2 heteroatoms. The van der Waals surface area contributed by atoms with Gasteiger partial charge in [0.25, 0.3) is 0 Å². The fourth-order valence-electron chi connectivity index (χ4n) is 2.05. The van der Waals surface area contributed by atoms with Crippen molar-refractivity contribution in [1.82, 2.24) is 5.32 Å². The minimum Gasteiger partial charge on any atom is -0.395 e. The first kappa shape index (κ1) is 15.9. The van der Waals surface area contributed by atoms with Crippen molar-refractivity contribution in [2.24, 2.45) is 0 Å². The molecule has 0 aliphatic heterocycles. The van der Waals surface area contributed by atoms with Crippen LogP contribution in [0.1, 0.15) is 72.1 Å². The predicted octanol–water partition coefficient (Wildman–Crippen LogP) is 3.49. The topological polar surface area (TPSA) is 32.3 Å². The molecule has 2 nitrogen and oxygen atoms in total. The summed E-state index contributed by atoms with van der Waals surface area (Å²) in [6, 6.07) is 0.775. The van der Waals surface area contributed by atoms with Gasteiger partial charge < -0.3 is 10.4 Å². The highest BCUT2D eigenvalue weighted by Crippen LogP contribution is 2.09. The Morgan fingerprint density at radius 1 is 0.938 bits per heavy atom. The van der Waals surface area contributed by atoms with Gasteiger partial charge in [0, 0.05) is 12.1 Å². The summed E-state index contributed by atoms with van der Waals surface area (Å²) in [5, 5.41) is 12.6. The highest BCUT2D eigenvalue weighted by atomic mass is 16.3. The van der Waals surface area contributed by atoms with Gasteiger partial charge in [-0.3, -0.25) is 0 Å². The zero-order chi connectivity index (χ0) is 12.2. The first-order valence-corrected chi connectivity index (χ1v) is 7.07. The first-order chi connectivity index (χ1) is 7.70. The van der Waals surface area contributed by atoms with Crippen LogP contribution in [0.2, 0.25) is 0 Å². The van der Waals surface area contributed by atoms with Crippen LogP contribution in [0.4, 0.5) is 0 Å². The molecule has 0 saturated heterocycles. The molecule has 0 saturated carbocycles. The Bertz CT molecular complexity index is 137. The van der Waals surface area contributed by atoms with Crippen LogP contribution < -0.4 is 5.32 Å². The maximum Gasteiger partial charge on any atom is 0.0584 e. The predicted molar refractivity (Wildman–Crippen MR) is 71.8 cm³/mol. The lowest BCUT2D eigenvalue weighted by molar-refractivity contribution is 0.225. The second kappa shape index (κ2) is 11.4. The van der Waals surface area contributed by atoms with Crippen molar-refractivity contribution in [1.29, 1.82) is 0 Å². The van der Waals surface area contributed by atoms with Gasteiger partial charge in [0.1, 0.15) is 0 Å². The van der Waals surface area contributed by atoms with Gasteiger partial charge in [0.05, 0.1) is 6.61 Å². The minimum absolute atomic E-state index is 0.272. The van der Waals surface area contributed by atoms with Gasteiger partial charge in [-0.25, -0.2) is 0 Å². The number of rotatable bonds is 11. The normalized spacial score (nSPS) is 13.3.